The highest BCUT2D eigenvalue weighted by molar-refractivity contribution is 5.90. The van der Waals surface area contributed by atoms with Crippen LogP contribution in [0.2, 0.25) is 0 Å². The Morgan fingerprint density at radius 1 is 1.15 bits per heavy atom. The molecule has 2 unspecified atom stereocenters. The molecule has 142 valence electrons. The molecule has 1 aromatic carbocycles. The van der Waals surface area contributed by atoms with Gasteiger partial charge >= 0.3 is 12.1 Å². The number of carbonyl (C=O) groups is 2. The van der Waals surface area contributed by atoms with E-state index >= 15 is 0 Å². The highest BCUT2D eigenvalue weighted by atomic mass is 19.4. The second kappa shape index (κ2) is 7.22. The second-order valence-electron chi connectivity index (χ2n) is 6.32. The molecule has 5 nitrogen and oxygen atoms in total. The van der Waals surface area contributed by atoms with Crippen LogP contribution < -0.4 is 0 Å². The molecule has 2 fully saturated rings. The largest absolute Gasteiger partial charge is 0.471 e. The Balaban J connectivity index is 1.73. The number of alkyl halides is 3. The number of likely N-dealkylation sites (tertiary alicyclic amines) is 1. The molecule has 2 heterocycles. The fourth-order valence-corrected chi connectivity index (χ4v) is 3.41. The first-order valence-corrected chi connectivity index (χ1v) is 8.31. The van der Waals surface area contributed by atoms with E-state index in [4.69, 9.17) is 4.74 Å². The van der Waals surface area contributed by atoms with Crippen molar-refractivity contribution >= 4 is 11.8 Å². The summed E-state index contributed by atoms with van der Waals surface area (Å²) in [4.78, 5) is 26.2. The molecule has 0 bridgehead atoms. The molecule has 2 atom stereocenters. The summed E-state index contributed by atoms with van der Waals surface area (Å²) in [6.07, 6.45) is -5.19. The summed E-state index contributed by atoms with van der Waals surface area (Å²) in [5, 5.41) is 0. The number of nitrogens with zero attached hydrogens (tertiary/aromatic N) is 2. The lowest BCUT2D eigenvalue weighted by Crippen LogP contribution is -2.53. The zero-order valence-electron chi connectivity index (χ0n) is 13.8. The quantitative estimate of drug-likeness (QED) is 0.747. The van der Waals surface area contributed by atoms with Gasteiger partial charge in [-0.1, -0.05) is 18.2 Å². The predicted molar refractivity (Wildman–Crippen MR) is 82.5 cm³/mol. The number of rotatable bonds is 2. The molecule has 0 spiro atoms. The highest BCUT2D eigenvalue weighted by Gasteiger charge is 2.48. The normalized spacial score (nSPS) is 24.0. The van der Waals surface area contributed by atoms with Crippen molar-refractivity contribution in [2.24, 2.45) is 0 Å². The van der Waals surface area contributed by atoms with Crippen LogP contribution in [0.15, 0.2) is 24.3 Å². The van der Waals surface area contributed by atoms with E-state index in [2.05, 4.69) is 0 Å². The number of amides is 2. The Hall–Kier alpha value is -2.16. The summed E-state index contributed by atoms with van der Waals surface area (Å²) in [7, 11) is 0. The van der Waals surface area contributed by atoms with Gasteiger partial charge < -0.3 is 14.5 Å². The maximum absolute atomic E-state index is 13.9. The van der Waals surface area contributed by atoms with Crippen LogP contribution in [0, 0.1) is 5.82 Å². The number of carbonyl (C=O) groups excluding carboxylic acids is 2. The zero-order valence-corrected chi connectivity index (χ0v) is 13.8. The average Bonchev–Trinajstić information content (AvgIpc) is 3.09. The summed E-state index contributed by atoms with van der Waals surface area (Å²) in [5.41, 5.74) is 0.291. The van der Waals surface area contributed by atoms with Crippen LogP contribution in [-0.4, -0.2) is 60.1 Å². The summed E-state index contributed by atoms with van der Waals surface area (Å²) < 4.78 is 57.7. The van der Waals surface area contributed by atoms with E-state index in [0.717, 1.165) is 0 Å². The molecule has 2 amide bonds. The first kappa shape index (κ1) is 18.6. The van der Waals surface area contributed by atoms with Gasteiger partial charge in [0.25, 0.3) is 0 Å². The minimum absolute atomic E-state index is 0.0321. The van der Waals surface area contributed by atoms with Gasteiger partial charge in [-0.15, -0.1) is 0 Å². The first-order valence-electron chi connectivity index (χ1n) is 8.31. The fourth-order valence-electron chi connectivity index (χ4n) is 3.41. The Morgan fingerprint density at radius 3 is 2.58 bits per heavy atom. The standard InChI is InChI=1S/C17H18F4N2O3/c18-12-5-2-1-4-11(12)14-10-22(8-9-26-14)15(24)13-6-3-7-23(13)16(25)17(19,20)21/h1-2,4-5,13-14H,3,6-10H2. The smallest absolute Gasteiger partial charge is 0.370 e. The van der Waals surface area contributed by atoms with Gasteiger partial charge in [-0.25, -0.2) is 4.39 Å². The van der Waals surface area contributed by atoms with E-state index in [-0.39, 0.29) is 32.7 Å². The molecule has 0 radical (unpaired) electrons. The van der Waals surface area contributed by atoms with Gasteiger partial charge in [0.05, 0.1) is 13.2 Å². The van der Waals surface area contributed by atoms with Gasteiger partial charge in [-0.2, -0.15) is 13.2 Å². The Morgan fingerprint density at radius 2 is 1.88 bits per heavy atom. The molecule has 9 heteroatoms. The summed E-state index contributed by atoms with van der Waals surface area (Å²) in [6.45, 7) is 0.263. The zero-order chi connectivity index (χ0) is 18.9. The maximum atomic E-state index is 13.9. The number of halogens is 4. The topological polar surface area (TPSA) is 49.9 Å². The number of ether oxygens (including phenoxy) is 1. The molecule has 0 aromatic heterocycles. The fraction of sp³-hybridized carbons (Fsp3) is 0.529. The highest BCUT2D eigenvalue weighted by Crippen LogP contribution is 2.29. The Bertz CT molecular complexity index is 695. The minimum Gasteiger partial charge on any atom is -0.370 e. The minimum atomic E-state index is -5.01. The molecule has 2 aliphatic heterocycles. The van der Waals surface area contributed by atoms with E-state index in [9.17, 15) is 27.2 Å². The van der Waals surface area contributed by atoms with Crippen molar-refractivity contribution in [1.82, 2.24) is 9.80 Å². The molecule has 0 N–H and O–H groups in total. The SMILES string of the molecule is O=C(C1CCCN1C(=O)C(F)(F)F)N1CCOC(c2ccccc2F)C1. The molecule has 2 saturated heterocycles. The number of morpholine rings is 1. The van der Waals surface area contributed by atoms with Crippen molar-refractivity contribution in [3.05, 3.63) is 35.6 Å². The van der Waals surface area contributed by atoms with Gasteiger partial charge in [0.15, 0.2) is 0 Å². The van der Waals surface area contributed by atoms with Gasteiger partial charge in [0.1, 0.15) is 18.0 Å². The van der Waals surface area contributed by atoms with Gasteiger partial charge in [-0.05, 0) is 18.9 Å². The van der Waals surface area contributed by atoms with Crippen LogP contribution in [0.1, 0.15) is 24.5 Å². The predicted octanol–water partition coefficient (Wildman–Crippen LogP) is 2.28. The first-order chi connectivity index (χ1) is 12.3. The molecule has 26 heavy (non-hydrogen) atoms. The van der Waals surface area contributed by atoms with Crippen LogP contribution in [0.5, 0.6) is 0 Å². The van der Waals surface area contributed by atoms with Crippen molar-refractivity contribution in [2.75, 3.05) is 26.2 Å². The van der Waals surface area contributed by atoms with Crippen LogP contribution in [-0.2, 0) is 14.3 Å². The van der Waals surface area contributed by atoms with Gasteiger partial charge in [-0.3, -0.25) is 9.59 Å². The summed E-state index contributed by atoms with van der Waals surface area (Å²) >= 11 is 0. The summed E-state index contributed by atoms with van der Waals surface area (Å²) in [5.74, 6) is -3.02. The van der Waals surface area contributed by atoms with Crippen LogP contribution >= 0.6 is 0 Å². The summed E-state index contributed by atoms with van der Waals surface area (Å²) in [6, 6.07) is 4.86. The van der Waals surface area contributed by atoms with Gasteiger partial charge in [0.2, 0.25) is 5.91 Å². The van der Waals surface area contributed by atoms with Crippen molar-refractivity contribution in [1.29, 1.82) is 0 Å². The third kappa shape index (κ3) is 3.67. The van der Waals surface area contributed by atoms with Crippen molar-refractivity contribution in [3.63, 3.8) is 0 Å². The number of benzene rings is 1. The Labute approximate surface area is 147 Å². The van der Waals surface area contributed by atoms with E-state index in [1.807, 2.05) is 0 Å². The molecule has 0 saturated carbocycles. The van der Waals surface area contributed by atoms with E-state index in [0.29, 0.717) is 16.9 Å². The molecule has 1 aromatic rings. The van der Waals surface area contributed by atoms with Gasteiger partial charge in [0, 0.05) is 18.7 Å². The number of hydrogen-bond acceptors (Lipinski definition) is 3. The Kier molecular flexibility index (Phi) is 5.17. The molecular formula is C17H18F4N2O3. The van der Waals surface area contributed by atoms with Crippen LogP contribution in [0.3, 0.4) is 0 Å². The molecule has 0 aliphatic carbocycles. The van der Waals surface area contributed by atoms with Crippen molar-refractivity contribution < 1.29 is 31.9 Å². The molecular weight excluding hydrogens is 356 g/mol. The lowest BCUT2D eigenvalue weighted by Gasteiger charge is -2.36. The maximum Gasteiger partial charge on any atom is 0.471 e. The van der Waals surface area contributed by atoms with Crippen LogP contribution in [0.4, 0.5) is 17.6 Å². The molecule has 3 rings (SSSR count). The van der Waals surface area contributed by atoms with E-state index < -0.39 is 36.0 Å². The monoisotopic (exact) mass is 374 g/mol. The third-order valence-corrected chi connectivity index (χ3v) is 4.67. The van der Waals surface area contributed by atoms with Crippen molar-refractivity contribution in [2.45, 2.75) is 31.2 Å². The molecule has 2 aliphatic rings. The van der Waals surface area contributed by atoms with Crippen LogP contribution in [0.25, 0.3) is 0 Å². The van der Waals surface area contributed by atoms with E-state index in [1.54, 1.807) is 12.1 Å². The third-order valence-electron chi connectivity index (χ3n) is 4.67. The number of hydrogen-bond donors (Lipinski definition) is 0. The van der Waals surface area contributed by atoms with E-state index in [1.165, 1.54) is 17.0 Å². The second-order valence-corrected chi connectivity index (χ2v) is 6.32. The lowest BCUT2D eigenvalue weighted by molar-refractivity contribution is -0.187. The average molecular weight is 374 g/mol. The lowest BCUT2D eigenvalue weighted by atomic mass is 10.1. The van der Waals surface area contributed by atoms with Crippen molar-refractivity contribution in [3.8, 4) is 0 Å².